The Balaban J connectivity index is 0.000000245. The smallest absolute Gasteiger partial charge is 0.253 e. The number of benzene rings is 4. The number of pyridine rings is 6. The highest BCUT2D eigenvalue weighted by Crippen LogP contribution is 2.29. The molecule has 5 N–H and O–H groups in total. The summed E-state index contributed by atoms with van der Waals surface area (Å²) in [6, 6.07) is 40.2. The van der Waals surface area contributed by atoms with Gasteiger partial charge in [0.05, 0.1) is 56.3 Å². The molecule has 0 radical (unpaired) electrons. The van der Waals surface area contributed by atoms with Gasteiger partial charge >= 0.3 is 0 Å². The van der Waals surface area contributed by atoms with E-state index in [1.54, 1.807) is 111 Å². The Morgan fingerprint density at radius 2 is 0.772 bits per heavy atom. The molecule has 6 aromatic heterocycles. The Morgan fingerprint density at radius 3 is 1.16 bits per heavy atom. The largest absolute Gasteiger partial charge is 0.497 e. The van der Waals surface area contributed by atoms with Crippen molar-refractivity contribution in [2.24, 2.45) is 27.1 Å². The third-order valence-electron chi connectivity index (χ3n) is 20.5. The van der Waals surface area contributed by atoms with Gasteiger partial charge < -0.3 is 69.2 Å². The average molecular weight is 1750 g/mol. The lowest BCUT2D eigenvalue weighted by atomic mass is 9.88. The van der Waals surface area contributed by atoms with Crippen molar-refractivity contribution in [3.05, 3.63) is 268 Å². The SMILES string of the molecule is COc1c(F)cccc1COc1ccc(C(=O)N[C@H](C)C(C)(C)C)cn1.COc1cc(F)cc(COc2ccc(C(=O)N[C@H](C)C(C)(C)C)cn2)c1.COc1ccc(COc2ccc(C(=O)N[C@H](C)C(C)(C)C)cn2)cc1.COc1ccc(COc2ccc(C(=O)N[C@H](C)C(C)(C)C)cn2)cc1F.Cc1cc(C(=O)NCCC(C)(C)C)cnc1OCc1ccncc1. The van der Waals surface area contributed by atoms with Crippen molar-refractivity contribution >= 4 is 29.5 Å². The van der Waals surface area contributed by atoms with Crippen LogP contribution in [0.3, 0.4) is 0 Å². The highest BCUT2D eigenvalue weighted by Gasteiger charge is 2.27. The second-order valence-corrected chi connectivity index (χ2v) is 35.7. The van der Waals surface area contributed by atoms with Gasteiger partial charge in [0.15, 0.2) is 23.1 Å². The summed E-state index contributed by atoms with van der Waals surface area (Å²) >= 11 is 0. The van der Waals surface area contributed by atoms with Crippen LogP contribution in [-0.2, 0) is 33.0 Å². The third kappa shape index (κ3) is 35.9. The van der Waals surface area contributed by atoms with Crippen molar-refractivity contribution < 1.29 is 79.8 Å². The number of nitrogens with zero attached hydrogens (tertiary/aromatic N) is 6. The van der Waals surface area contributed by atoms with Crippen LogP contribution in [0, 0.1) is 51.5 Å². The molecular formula is C99H126F3N11O14. The van der Waals surface area contributed by atoms with Crippen LogP contribution >= 0.6 is 0 Å². The molecule has 4 atom stereocenters. The Kier molecular flexibility index (Phi) is 39.4. The number of carbonyl (C=O) groups excluding carboxylic acids is 5. The lowest BCUT2D eigenvalue weighted by Gasteiger charge is -2.28. The quantitative estimate of drug-likeness (QED) is 0.0279. The molecule has 0 spiro atoms. The monoisotopic (exact) mass is 1750 g/mol. The van der Waals surface area contributed by atoms with E-state index in [9.17, 15) is 37.1 Å². The molecule has 0 aliphatic rings. The van der Waals surface area contributed by atoms with Crippen molar-refractivity contribution in [1.82, 2.24) is 56.5 Å². The fraction of sp³-hybridized carbons (Fsp3) is 0.404. The minimum absolute atomic E-state index is 0.00447. The molecule has 0 fully saturated rings. The second kappa shape index (κ2) is 48.6. The van der Waals surface area contributed by atoms with Gasteiger partial charge in [-0.3, -0.25) is 29.0 Å². The van der Waals surface area contributed by atoms with Gasteiger partial charge in [-0.25, -0.2) is 38.1 Å². The molecule has 10 aromatic rings. The normalized spacial score (nSPS) is 12.1. The van der Waals surface area contributed by atoms with E-state index in [2.05, 4.69) is 160 Å². The molecule has 4 aromatic carbocycles. The molecule has 25 nitrogen and oxygen atoms in total. The van der Waals surface area contributed by atoms with Crippen molar-refractivity contribution in [2.45, 2.75) is 202 Å². The maximum atomic E-state index is 13.7. The molecular weight excluding hydrogens is 1620 g/mol. The van der Waals surface area contributed by atoms with E-state index in [0.717, 1.165) is 28.9 Å². The van der Waals surface area contributed by atoms with Crippen LogP contribution in [0.1, 0.15) is 223 Å². The summed E-state index contributed by atoms with van der Waals surface area (Å²) in [5.74, 6) is 1.61. The number of rotatable bonds is 30. The number of halogens is 3. The predicted octanol–water partition coefficient (Wildman–Crippen LogP) is 19.3. The van der Waals surface area contributed by atoms with E-state index in [1.807, 2.05) is 71.0 Å². The summed E-state index contributed by atoms with van der Waals surface area (Å²) in [7, 11) is 5.94. The molecule has 127 heavy (non-hydrogen) atoms. The molecule has 0 saturated heterocycles. The van der Waals surface area contributed by atoms with E-state index in [0.29, 0.717) is 99.4 Å². The summed E-state index contributed by atoms with van der Waals surface area (Å²) in [6.45, 7) is 43.0. The van der Waals surface area contributed by atoms with Crippen LogP contribution in [-0.4, -0.2) is 119 Å². The number of hydrogen-bond donors (Lipinski definition) is 5. The Labute approximate surface area is 746 Å². The zero-order valence-corrected chi connectivity index (χ0v) is 77.7. The Bertz CT molecular complexity index is 5120. The second-order valence-electron chi connectivity index (χ2n) is 35.7. The first kappa shape index (κ1) is 103. The molecule has 5 amide bonds. The minimum Gasteiger partial charge on any atom is -0.497 e. The number of carbonyl (C=O) groups is 5. The molecule has 28 heteroatoms. The fourth-order valence-corrected chi connectivity index (χ4v) is 10.4. The molecule has 682 valence electrons. The maximum Gasteiger partial charge on any atom is 0.253 e. The van der Waals surface area contributed by atoms with Crippen molar-refractivity contribution in [2.75, 3.05) is 35.0 Å². The molecule has 0 aliphatic heterocycles. The zero-order valence-electron chi connectivity index (χ0n) is 77.7. The predicted molar refractivity (Wildman–Crippen MR) is 486 cm³/mol. The Morgan fingerprint density at radius 1 is 0.370 bits per heavy atom. The maximum absolute atomic E-state index is 13.7. The number of aryl methyl sites for hydroxylation is 1. The van der Waals surface area contributed by atoms with Gasteiger partial charge in [0.2, 0.25) is 29.4 Å². The minimum atomic E-state index is -0.443. The summed E-state index contributed by atoms with van der Waals surface area (Å²) in [5, 5.41) is 14.8. The van der Waals surface area contributed by atoms with Gasteiger partial charge in [0.1, 0.15) is 50.4 Å². The lowest BCUT2D eigenvalue weighted by molar-refractivity contribution is 0.0902. The molecule has 0 saturated carbocycles. The first-order valence-corrected chi connectivity index (χ1v) is 41.7. The van der Waals surface area contributed by atoms with E-state index in [1.165, 1.54) is 70.4 Å². The zero-order chi connectivity index (χ0) is 94.0. The number of ether oxygens (including phenoxy) is 9. The number of para-hydroxylation sites is 1. The highest BCUT2D eigenvalue weighted by molar-refractivity contribution is 5.96. The fourth-order valence-electron chi connectivity index (χ4n) is 10.4. The topological polar surface area (TPSA) is 306 Å². The van der Waals surface area contributed by atoms with E-state index in [-0.39, 0.29) is 112 Å². The summed E-state index contributed by atoms with van der Waals surface area (Å²) in [4.78, 5) is 86.1. The number of nitrogens with one attached hydrogen (secondary N) is 5. The molecule has 6 heterocycles. The van der Waals surface area contributed by atoms with Gasteiger partial charge in [-0.05, 0) is 175 Å². The van der Waals surface area contributed by atoms with Crippen LogP contribution < -0.4 is 69.2 Å². The summed E-state index contributed by atoms with van der Waals surface area (Å²) in [5.41, 5.74) is 7.31. The van der Waals surface area contributed by atoms with Crippen LogP contribution in [0.25, 0.3) is 0 Å². The average Bonchev–Trinajstić information content (AvgIpc) is 0.856. The summed E-state index contributed by atoms with van der Waals surface area (Å²) < 4.78 is 88.9. The van der Waals surface area contributed by atoms with Crippen molar-refractivity contribution in [3.8, 4) is 52.4 Å². The van der Waals surface area contributed by atoms with Crippen molar-refractivity contribution in [1.29, 1.82) is 0 Å². The van der Waals surface area contributed by atoms with Crippen LogP contribution in [0.5, 0.6) is 52.4 Å². The van der Waals surface area contributed by atoms with Gasteiger partial charge in [-0.2, -0.15) is 0 Å². The first-order valence-electron chi connectivity index (χ1n) is 41.7. The van der Waals surface area contributed by atoms with Gasteiger partial charge in [0.25, 0.3) is 29.5 Å². The molecule has 0 unspecified atom stereocenters. The molecule has 10 rings (SSSR count). The van der Waals surface area contributed by atoms with E-state index in [4.69, 9.17) is 42.6 Å². The van der Waals surface area contributed by atoms with Crippen LogP contribution in [0.15, 0.2) is 189 Å². The van der Waals surface area contributed by atoms with Gasteiger partial charge in [0, 0.05) is 116 Å². The number of aromatic nitrogens is 6. The standard InChI is InChI=1S/3C20H25FN2O3.C20H26N2O3.C19H25N3O2/c1-13(20(2,3)4)23-19(24)15-7-9-18(22-11-15)26-12-14-6-8-17(25-5)16(21)10-14;1-13(20(2,3)4)23-19(24)15-6-7-18(22-11-15)26-12-14-8-16(21)10-17(9-14)25-5;1-13(20(2,3)4)23-19(24)14-9-10-17(22-11-14)26-12-15-7-6-8-16(21)18(15)25-5;1-14(20(2,3)4)22-19(23)16-8-11-18(21-12-16)25-13-15-6-9-17(24-5)10-7-15;1-14-11-16(17(23)21-10-7-19(2,3)4)12-22-18(14)24-13-15-5-8-20-9-6-15/h3*6-11,13H,12H2,1-5H3,(H,23,24);6-12,14H,13H2,1-5H3,(H,22,23);5-6,8-9,11-12H,7,10,13H2,1-4H3,(H,21,23)/t3*13-;14-;/m1111./s1. The Hall–Kier alpha value is -12.9. The van der Waals surface area contributed by atoms with Gasteiger partial charge in [-0.1, -0.05) is 134 Å². The van der Waals surface area contributed by atoms with Crippen LogP contribution in [0.4, 0.5) is 13.2 Å². The van der Waals surface area contributed by atoms with Crippen LogP contribution in [0.2, 0.25) is 0 Å². The number of methoxy groups -OCH3 is 4. The number of hydrogen-bond acceptors (Lipinski definition) is 20. The molecule has 0 bridgehead atoms. The number of amides is 5. The summed E-state index contributed by atoms with van der Waals surface area (Å²) in [6.07, 6.45) is 11.9. The molecule has 0 aliphatic carbocycles. The highest BCUT2D eigenvalue weighted by atomic mass is 19.1. The van der Waals surface area contributed by atoms with E-state index < -0.39 is 17.5 Å². The third-order valence-corrected chi connectivity index (χ3v) is 20.5. The first-order chi connectivity index (χ1) is 59.7. The van der Waals surface area contributed by atoms with E-state index >= 15 is 0 Å². The van der Waals surface area contributed by atoms with Gasteiger partial charge in [-0.15, -0.1) is 0 Å². The lowest BCUT2D eigenvalue weighted by Crippen LogP contribution is -2.41. The van der Waals surface area contributed by atoms with Crippen molar-refractivity contribution in [3.63, 3.8) is 0 Å².